The summed E-state index contributed by atoms with van der Waals surface area (Å²) in [7, 11) is 1.53. The number of aromatic nitrogens is 2. The van der Waals surface area contributed by atoms with E-state index in [4.69, 9.17) is 25.8 Å². The Balaban J connectivity index is 1.34. The van der Waals surface area contributed by atoms with Gasteiger partial charge in [0.15, 0.2) is 15.8 Å². The van der Waals surface area contributed by atoms with Crippen LogP contribution in [0.2, 0.25) is 5.02 Å². The van der Waals surface area contributed by atoms with Crippen molar-refractivity contribution in [2.24, 2.45) is 5.92 Å². The minimum absolute atomic E-state index is 0.0885. The fourth-order valence-corrected chi connectivity index (χ4v) is 7.82. The largest absolute Gasteiger partial charge is 0.507 e. The Kier molecular flexibility index (Phi) is 11.8. The maximum atomic E-state index is 13.9. The summed E-state index contributed by atoms with van der Waals surface area (Å²) in [5, 5.41) is 21.3. The Morgan fingerprint density at radius 3 is 2.48 bits per heavy atom. The molecule has 1 atom stereocenters. The number of carbonyl (C=O) groups is 2. The van der Waals surface area contributed by atoms with Gasteiger partial charge in [-0.2, -0.15) is 0 Å². The van der Waals surface area contributed by atoms with Gasteiger partial charge >= 0.3 is 5.91 Å². The first-order valence-corrected chi connectivity index (χ1v) is 18.9. The summed E-state index contributed by atoms with van der Waals surface area (Å²) >= 11 is 8.95. The highest BCUT2D eigenvalue weighted by molar-refractivity contribution is 8.00. The number of methoxy groups -OCH3 is 1. The van der Waals surface area contributed by atoms with Gasteiger partial charge < -0.3 is 19.3 Å². The van der Waals surface area contributed by atoms with Crippen LogP contribution >= 0.6 is 34.7 Å². The number of thioether (sulfide) groups is 1. The van der Waals surface area contributed by atoms with E-state index >= 15 is 0 Å². The second-order valence-electron chi connectivity index (χ2n) is 12.6. The van der Waals surface area contributed by atoms with Crippen LogP contribution in [0.1, 0.15) is 54.1 Å². The highest BCUT2D eigenvalue weighted by Gasteiger charge is 2.48. The average Bonchev–Trinajstić information content (AvgIpc) is 3.71. The van der Waals surface area contributed by atoms with Crippen molar-refractivity contribution in [1.29, 1.82) is 0 Å². The molecule has 0 radical (unpaired) electrons. The fraction of sp³-hybridized carbons (Fsp3) is 0.250. The van der Waals surface area contributed by atoms with Crippen LogP contribution in [0.5, 0.6) is 17.2 Å². The number of hydrogen-bond acceptors (Lipinski definition) is 10. The number of carbonyl (C=O) groups excluding carboxylic acids is 2. The monoisotopic (exact) mass is 755 g/mol. The zero-order valence-electron chi connectivity index (χ0n) is 29.2. The van der Waals surface area contributed by atoms with Gasteiger partial charge in [0.05, 0.1) is 25.3 Å². The average molecular weight is 756 g/mol. The first-order chi connectivity index (χ1) is 25.1. The molecule has 4 aromatic carbocycles. The molecule has 1 N–H and O–H groups in total. The number of Topliss-reactive ketones (excluding diaryl/α,β-unsaturated/α-hetero) is 1. The third-order valence-electron chi connectivity index (χ3n) is 8.43. The summed E-state index contributed by atoms with van der Waals surface area (Å²) in [5.41, 5.74) is 3.88. The number of anilines is 1. The summed E-state index contributed by atoms with van der Waals surface area (Å²) in [6.07, 6.45) is 0.856. The quantitative estimate of drug-likeness (QED) is 0.0390. The van der Waals surface area contributed by atoms with Crippen molar-refractivity contribution in [3.8, 4) is 17.2 Å². The van der Waals surface area contributed by atoms with Crippen molar-refractivity contribution in [3.05, 3.63) is 129 Å². The van der Waals surface area contributed by atoms with E-state index in [1.54, 1.807) is 42.5 Å². The molecule has 2 heterocycles. The van der Waals surface area contributed by atoms with Crippen LogP contribution in [-0.2, 0) is 21.9 Å². The van der Waals surface area contributed by atoms with Crippen molar-refractivity contribution in [2.75, 3.05) is 18.6 Å². The van der Waals surface area contributed by atoms with Crippen LogP contribution in [0.4, 0.5) is 5.13 Å². The number of nitrogens with zero attached hydrogens (tertiary/aromatic N) is 3. The summed E-state index contributed by atoms with van der Waals surface area (Å²) < 4.78 is 18.3. The van der Waals surface area contributed by atoms with E-state index in [0.29, 0.717) is 62.6 Å². The molecule has 6 rings (SSSR count). The molecule has 1 unspecified atom stereocenters. The molecule has 1 aliphatic heterocycles. The molecule has 12 heteroatoms. The predicted octanol–water partition coefficient (Wildman–Crippen LogP) is 9.43. The lowest BCUT2D eigenvalue weighted by Gasteiger charge is -2.23. The molecule has 1 amide bonds. The van der Waals surface area contributed by atoms with Crippen LogP contribution in [0.15, 0.2) is 101 Å². The maximum absolute atomic E-state index is 13.9. The predicted molar refractivity (Wildman–Crippen MR) is 206 cm³/mol. The van der Waals surface area contributed by atoms with Crippen LogP contribution in [0.25, 0.3) is 5.76 Å². The highest BCUT2D eigenvalue weighted by atomic mass is 35.5. The lowest BCUT2D eigenvalue weighted by Crippen LogP contribution is -2.29. The van der Waals surface area contributed by atoms with Crippen LogP contribution in [0, 0.1) is 12.8 Å². The molecule has 5 aromatic rings. The van der Waals surface area contributed by atoms with E-state index in [2.05, 4.69) is 30.1 Å². The number of benzene rings is 4. The first kappa shape index (κ1) is 36.9. The Labute approximate surface area is 316 Å². The Morgan fingerprint density at radius 2 is 1.75 bits per heavy atom. The lowest BCUT2D eigenvalue weighted by atomic mass is 9.95. The molecule has 0 bridgehead atoms. The van der Waals surface area contributed by atoms with Gasteiger partial charge in [0, 0.05) is 16.3 Å². The van der Waals surface area contributed by atoms with Crippen molar-refractivity contribution < 1.29 is 28.9 Å². The topological polar surface area (TPSA) is 111 Å². The summed E-state index contributed by atoms with van der Waals surface area (Å²) in [6.45, 7) is 7.13. The van der Waals surface area contributed by atoms with Gasteiger partial charge in [0.1, 0.15) is 18.1 Å². The molecular weight excluding hydrogens is 718 g/mol. The van der Waals surface area contributed by atoms with Gasteiger partial charge in [0.25, 0.3) is 5.78 Å². The zero-order chi connectivity index (χ0) is 36.8. The molecule has 0 spiro atoms. The van der Waals surface area contributed by atoms with E-state index in [0.717, 1.165) is 23.1 Å². The Morgan fingerprint density at radius 1 is 0.962 bits per heavy atom. The molecule has 1 aliphatic rings. The van der Waals surface area contributed by atoms with Gasteiger partial charge in [-0.15, -0.1) is 10.2 Å². The van der Waals surface area contributed by atoms with E-state index < -0.39 is 17.7 Å². The molecule has 1 fully saturated rings. The van der Waals surface area contributed by atoms with Crippen molar-refractivity contribution >= 4 is 57.3 Å². The third-order valence-corrected chi connectivity index (χ3v) is 10.9. The first-order valence-electron chi connectivity index (χ1n) is 16.7. The van der Waals surface area contributed by atoms with Gasteiger partial charge in [-0.3, -0.25) is 14.5 Å². The minimum Gasteiger partial charge on any atom is -0.507 e. The number of aliphatic hydroxyl groups excluding tert-OH is 1. The van der Waals surface area contributed by atoms with E-state index in [-0.39, 0.29) is 16.5 Å². The number of aryl methyl sites for hydroxylation is 1. The van der Waals surface area contributed by atoms with Gasteiger partial charge in [-0.1, -0.05) is 103 Å². The Hall–Kier alpha value is -4.84. The SMILES string of the molecule is COc1cc(C2C(=C(O)c3ccc(OCc4cccc(C)c4)cc3)C(=O)C(=O)N2c2nnc(SCc3ccccc3Cl)s2)ccc1OCCC(C)C. The van der Waals surface area contributed by atoms with Crippen molar-refractivity contribution in [3.63, 3.8) is 0 Å². The highest BCUT2D eigenvalue weighted by Crippen LogP contribution is 2.46. The number of amides is 1. The molecule has 1 aromatic heterocycles. The molecule has 268 valence electrons. The molecule has 9 nitrogen and oxygen atoms in total. The second kappa shape index (κ2) is 16.7. The van der Waals surface area contributed by atoms with Crippen molar-refractivity contribution in [2.45, 2.75) is 49.9 Å². The minimum atomic E-state index is -1.04. The molecular formula is C40H38ClN3O6S2. The Bertz CT molecular complexity index is 2100. The summed E-state index contributed by atoms with van der Waals surface area (Å²) in [4.78, 5) is 29.0. The smallest absolute Gasteiger partial charge is 0.301 e. The molecule has 1 saturated heterocycles. The maximum Gasteiger partial charge on any atom is 0.301 e. The van der Waals surface area contributed by atoms with Gasteiger partial charge in [-0.05, 0) is 78.4 Å². The van der Waals surface area contributed by atoms with Crippen LogP contribution in [-0.4, -0.2) is 40.7 Å². The van der Waals surface area contributed by atoms with Crippen molar-refractivity contribution in [1.82, 2.24) is 10.2 Å². The zero-order valence-corrected chi connectivity index (χ0v) is 31.6. The number of ether oxygens (including phenoxy) is 3. The van der Waals surface area contributed by atoms with Gasteiger partial charge in [-0.25, -0.2) is 0 Å². The number of hydrogen-bond donors (Lipinski definition) is 1. The summed E-state index contributed by atoms with van der Waals surface area (Å²) in [5.74, 6) is 0.525. The normalized spacial score (nSPS) is 15.3. The van der Waals surface area contributed by atoms with E-state index in [9.17, 15) is 14.7 Å². The number of aliphatic hydroxyl groups is 1. The third kappa shape index (κ3) is 8.44. The molecule has 52 heavy (non-hydrogen) atoms. The summed E-state index contributed by atoms with van der Waals surface area (Å²) in [6, 6.07) is 26.5. The second-order valence-corrected chi connectivity index (χ2v) is 15.2. The molecule has 0 aliphatic carbocycles. The number of ketones is 1. The van der Waals surface area contributed by atoms with E-state index in [1.807, 2.05) is 49.4 Å². The number of rotatable bonds is 14. The molecule has 0 saturated carbocycles. The standard InChI is InChI=1S/C40H38ClN3O6S2/c1-24(2)18-19-49-32-17-14-28(21-33(32)48-4)35-34(36(45)27-12-15-30(16-13-27)50-22-26-9-7-8-25(3)20-26)37(46)38(47)44(35)39-42-43-40(52-39)51-23-29-10-5-6-11-31(29)41/h5-17,20-21,24,35,45H,18-19,22-23H2,1-4H3. The van der Waals surface area contributed by atoms with Gasteiger partial charge in [0.2, 0.25) is 5.13 Å². The van der Waals surface area contributed by atoms with Crippen LogP contribution in [0.3, 0.4) is 0 Å². The lowest BCUT2D eigenvalue weighted by molar-refractivity contribution is -0.132. The van der Waals surface area contributed by atoms with E-state index in [1.165, 1.54) is 35.1 Å². The number of halogens is 1. The van der Waals surface area contributed by atoms with Crippen LogP contribution < -0.4 is 19.1 Å². The fourth-order valence-electron chi connectivity index (χ4n) is 5.67.